The zero-order valence-corrected chi connectivity index (χ0v) is 11.5. The van der Waals surface area contributed by atoms with E-state index in [9.17, 15) is 5.11 Å². The van der Waals surface area contributed by atoms with Gasteiger partial charge in [-0.05, 0) is 13.3 Å². The normalized spacial score (nSPS) is 12.6. The van der Waals surface area contributed by atoms with Crippen LogP contribution in [0.2, 0.25) is 0 Å². The minimum atomic E-state index is -0.0274. The molecule has 0 spiro atoms. The maximum Gasteiger partial charge on any atom is 0.226 e. The van der Waals surface area contributed by atoms with Crippen LogP contribution in [0.1, 0.15) is 20.3 Å². The second-order valence-electron chi connectivity index (χ2n) is 4.54. The zero-order valence-electron chi connectivity index (χ0n) is 11.5. The lowest BCUT2D eigenvalue weighted by Crippen LogP contribution is -2.33. The van der Waals surface area contributed by atoms with E-state index in [0.717, 1.165) is 24.3 Å². The van der Waals surface area contributed by atoms with Crippen molar-refractivity contribution in [3.05, 3.63) is 6.33 Å². The molecular formula is C12H20N6O. The van der Waals surface area contributed by atoms with E-state index in [1.807, 2.05) is 18.9 Å². The van der Waals surface area contributed by atoms with Gasteiger partial charge in [0.05, 0.1) is 19.0 Å². The first-order chi connectivity index (χ1) is 9.17. The van der Waals surface area contributed by atoms with Gasteiger partial charge in [-0.2, -0.15) is 9.97 Å². The van der Waals surface area contributed by atoms with E-state index in [1.165, 1.54) is 0 Å². The first-order valence-electron chi connectivity index (χ1n) is 6.46. The summed E-state index contributed by atoms with van der Waals surface area (Å²) in [6.45, 7) is 4.90. The van der Waals surface area contributed by atoms with Crippen molar-refractivity contribution in [3.8, 4) is 0 Å². The number of rotatable bonds is 6. The van der Waals surface area contributed by atoms with Gasteiger partial charge in [0.25, 0.3) is 0 Å². The average molecular weight is 264 g/mol. The van der Waals surface area contributed by atoms with Crippen LogP contribution >= 0.6 is 0 Å². The maximum atomic E-state index is 9.27. The lowest BCUT2D eigenvalue weighted by Gasteiger charge is -2.24. The Bertz CT molecular complexity index is 540. The molecule has 2 rings (SSSR count). The molecule has 0 aliphatic rings. The SMILES string of the molecule is CCCNc1nc(N(C)C(C)CO)c2[nH]cnc2n1. The molecule has 0 fully saturated rings. The molecule has 1 unspecified atom stereocenters. The van der Waals surface area contributed by atoms with Crippen molar-refractivity contribution in [1.82, 2.24) is 19.9 Å². The number of nitrogens with zero attached hydrogens (tertiary/aromatic N) is 4. The van der Waals surface area contributed by atoms with Crippen LogP contribution in [0.25, 0.3) is 11.2 Å². The van der Waals surface area contributed by atoms with E-state index in [1.54, 1.807) is 6.33 Å². The number of hydrogen-bond donors (Lipinski definition) is 3. The molecule has 19 heavy (non-hydrogen) atoms. The number of aliphatic hydroxyl groups is 1. The Labute approximate surface area is 112 Å². The highest BCUT2D eigenvalue weighted by molar-refractivity contribution is 5.84. The maximum absolute atomic E-state index is 9.27. The Morgan fingerprint density at radius 2 is 2.26 bits per heavy atom. The van der Waals surface area contributed by atoms with E-state index < -0.39 is 0 Å². The summed E-state index contributed by atoms with van der Waals surface area (Å²) in [5.41, 5.74) is 1.41. The van der Waals surface area contributed by atoms with Gasteiger partial charge in [0.2, 0.25) is 5.95 Å². The fraction of sp³-hybridized carbons (Fsp3) is 0.583. The molecule has 2 aromatic rings. The van der Waals surface area contributed by atoms with Crippen LogP contribution in [0.15, 0.2) is 6.33 Å². The van der Waals surface area contributed by atoms with Crippen LogP contribution in [0.4, 0.5) is 11.8 Å². The molecule has 7 heteroatoms. The molecule has 0 saturated carbocycles. The number of imidazole rings is 1. The fourth-order valence-corrected chi connectivity index (χ4v) is 1.72. The number of H-pyrrole nitrogens is 1. The number of anilines is 2. The van der Waals surface area contributed by atoms with Gasteiger partial charge in [-0.1, -0.05) is 6.92 Å². The van der Waals surface area contributed by atoms with Crippen molar-refractivity contribution in [2.75, 3.05) is 30.4 Å². The van der Waals surface area contributed by atoms with Crippen molar-refractivity contribution in [2.45, 2.75) is 26.3 Å². The molecule has 2 heterocycles. The van der Waals surface area contributed by atoms with Gasteiger partial charge in [0.15, 0.2) is 11.5 Å². The van der Waals surface area contributed by atoms with Crippen LogP contribution in [0.5, 0.6) is 0 Å². The molecular weight excluding hydrogens is 244 g/mol. The van der Waals surface area contributed by atoms with Crippen LogP contribution in [0.3, 0.4) is 0 Å². The Hall–Kier alpha value is -1.89. The van der Waals surface area contributed by atoms with Crippen LogP contribution in [0, 0.1) is 0 Å². The number of hydrogen-bond acceptors (Lipinski definition) is 6. The lowest BCUT2D eigenvalue weighted by atomic mass is 10.3. The highest BCUT2D eigenvalue weighted by Crippen LogP contribution is 2.23. The van der Waals surface area contributed by atoms with E-state index >= 15 is 0 Å². The first kappa shape index (κ1) is 13.5. The highest BCUT2D eigenvalue weighted by Gasteiger charge is 2.17. The molecule has 1 atom stereocenters. The molecule has 2 aromatic heterocycles. The largest absolute Gasteiger partial charge is 0.394 e. The van der Waals surface area contributed by atoms with E-state index in [4.69, 9.17) is 0 Å². The van der Waals surface area contributed by atoms with Gasteiger partial charge in [0, 0.05) is 13.6 Å². The predicted octanol–water partition coefficient (Wildman–Crippen LogP) is 0.992. The van der Waals surface area contributed by atoms with Crippen molar-refractivity contribution < 1.29 is 5.11 Å². The number of aromatic nitrogens is 4. The Balaban J connectivity index is 2.41. The number of aromatic amines is 1. The van der Waals surface area contributed by atoms with Crippen LogP contribution < -0.4 is 10.2 Å². The van der Waals surface area contributed by atoms with Crippen molar-refractivity contribution in [2.24, 2.45) is 0 Å². The fourth-order valence-electron chi connectivity index (χ4n) is 1.72. The van der Waals surface area contributed by atoms with Crippen LogP contribution in [-0.4, -0.2) is 51.3 Å². The summed E-state index contributed by atoms with van der Waals surface area (Å²) in [7, 11) is 1.90. The Kier molecular flexibility index (Phi) is 4.16. The van der Waals surface area contributed by atoms with Crippen molar-refractivity contribution >= 4 is 22.9 Å². The molecule has 0 bridgehead atoms. The second kappa shape index (κ2) is 5.83. The van der Waals surface area contributed by atoms with Gasteiger partial charge in [-0.25, -0.2) is 4.98 Å². The molecule has 0 amide bonds. The number of fused-ring (bicyclic) bond motifs is 1. The standard InChI is InChI=1S/C12H20N6O/c1-4-5-13-12-16-10-9(14-7-15-10)11(17-12)18(3)8(2)6-19/h7-8,19H,4-6H2,1-3H3,(H2,13,14,15,16,17). The first-order valence-corrected chi connectivity index (χ1v) is 6.46. The Morgan fingerprint density at radius 3 is 2.95 bits per heavy atom. The van der Waals surface area contributed by atoms with Gasteiger partial charge in [-0.15, -0.1) is 0 Å². The summed E-state index contributed by atoms with van der Waals surface area (Å²) >= 11 is 0. The number of likely N-dealkylation sites (N-methyl/N-ethyl adjacent to an activating group) is 1. The summed E-state index contributed by atoms with van der Waals surface area (Å²) in [4.78, 5) is 18.0. The summed E-state index contributed by atoms with van der Waals surface area (Å²) in [5.74, 6) is 1.30. The second-order valence-corrected chi connectivity index (χ2v) is 4.54. The molecule has 0 saturated heterocycles. The van der Waals surface area contributed by atoms with E-state index in [2.05, 4.69) is 32.2 Å². The summed E-state index contributed by atoms with van der Waals surface area (Å²) in [6.07, 6.45) is 2.60. The van der Waals surface area contributed by atoms with E-state index in [-0.39, 0.29) is 12.6 Å². The number of aliphatic hydroxyl groups excluding tert-OH is 1. The third kappa shape index (κ3) is 2.76. The predicted molar refractivity (Wildman–Crippen MR) is 75.4 cm³/mol. The lowest BCUT2D eigenvalue weighted by molar-refractivity contribution is 0.270. The third-order valence-electron chi connectivity index (χ3n) is 3.06. The topological polar surface area (TPSA) is 90.0 Å². The molecule has 0 aliphatic heterocycles. The summed E-state index contributed by atoms with van der Waals surface area (Å²) in [6, 6.07) is -0.0274. The molecule has 3 N–H and O–H groups in total. The molecule has 0 aromatic carbocycles. The molecule has 7 nitrogen and oxygen atoms in total. The van der Waals surface area contributed by atoms with Gasteiger partial charge in [0.1, 0.15) is 5.52 Å². The minimum Gasteiger partial charge on any atom is -0.394 e. The van der Waals surface area contributed by atoms with Gasteiger partial charge < -0.3 is 20.3 Å². The van der Waals surface area contributed by atoms with Gasteiger partial charge >= 0.3 is 0 Å². The van der Waals surface area contributed by atoms with Gasteiger partial charge in [-0.3, -0.25) is 0 Å². The summed E-state index contributed by atoms with van der Waals surface area (Å²) < 4.78 is 0. The Morgan fingerprint density at radius 1 is 1.47 bits per heavy atom. The van der Waals surface area contributed by atoms with Crippen LogP contribution in [-0.2, 0) is 0 Å². The minimum absolute atomic E-state index is 0.0274. The van der Waals surface area contributed by atoms with Crippen molar-refractivity contribution in [1.29, 1.82) is 0 Å². The number of nitrogens with one attached hydrogen (secondary N) is 2. The highest BCUT2D eigenvalue weighted by atomic mass is 16.3. The average Bonchev–Trinajstić information content (AvgIpc) is 2.90. The third-order valence-corrected chi connectivity index (χ3v) is 3.06. The zero-order chi connectivity index (χ0) is 13.8. The molecule has 104 valence electrons. The quantitative estimate of drug-likeness (QED) is 0.721. The monoisotopic (exact) mass is 264 g/mol. The summed E-state index contributed by atoms with van der Waals surface area (Å²) in [5, 5.41) is 12.4. The smallest absolute Gasteiger partial charge is 0.226 e. The van der Waals surface area contributed by atoms with E-state index in [0.29, 0.717) is 11.6 Å². The molecule has 0 aliphatic carbocycles. The van der Waals surface area contributed by atoms with Crippen molar-refractivity contribution in [3.63, 3.8) is 0 Å². The molecule has 0 radical (unpaired) electrons.